The topological polar surface area (TPSA) is 55.0 Å². The summed E-state index contributed by atoms with van der Waals surface area (Å²) < 4.78 is 4.92. The number of esters is 1. The SMILES string of the molecule is O=C(CS)OCCc1nc2ccccc2[nH]1. The Labute approximate surface area is 98.4 Å². The number of para-hydroxylation sites is 2. The molecule has 1 aromatic carbocycles. The number of nitrogens with one attached hydrogen (secondary N) is 1. The van der Waals surface area contributed by atoms with E-state index >= 15 is 0 Å². The molecule has 2 rings (SSSR count). The highest BCUT2D eigenvalue weighted by Crippen LogP contribution is 2.10. The van der Waals surface area contributed by atoms with Crippen LogP contribution in [-0.4, -0.2) is 28.3 Å². The Hall–Kier alpha value is -1.49. The molecule has 0 radical (unpaired) electrons. The number of hydrogen-bond donors (Lipinski definition) is 2. The van der Waals surface area contributed by atoms with Crippen LogP contribution in [0.3, 0.4) is 0 Å². The van der Waals surface area contributed by atoms with Crippen LogP contribution in [0.15, 0.2) is 24.3 Å². The van der Waals surface area contributed by atoms with Crippen LogP contribution in [0.2, 0.25) is 0 Å². The fourth-order valence-corrected chi connectivity index (χ4v) is 1.52. The molecule has 4 nitrogen and oxygen atoms in total. The van der Waals surface area contributed by atoms with Crippen molar-refractivity contribution in [2.45, 2.75) is 6.42 Å². The van der Waals surface area contributed by atoms with Gasteiger partial charge in [-0.15, -0.1) is 0 Å². The molecule has 1 N–H and O–H groups in total. The van der Waals surface area contributed by atoms with E-state index in [1.807, 2.05) is 24.3 Å². The first-order chi connectivity index (χ1) is 7.79. The minimum Gasteiger partial charge on any atom is -0.465 e. The van der Waals surface area contributed by atoms with Crippen molar-refractivity contribution >= 4 is 29.6 Å². The number of carbonyl (C=O) groups excluding carboxylic acids is 1. The summed E-state index contributed by atoms with van der Waals surface area (Å²) in [6, 6.07) is 7.79. The molecule has 0 bridgehead atoms. The van der Waals surface area contributed by atoms with Crippen LogP contribution in [-0.2, 0) is 16.0 Å². The fraction of sp³-hybridized carbons (Fsp3) is 0.273. The number of nitrogens with zero attached hydrogens (tertiary/aromatic N) is 1. The maximum absolute atomic E-state index is 10.8. The Morgan fingerprint density at radius 3 is 3.00 bits per heavy atom. The summed E-state index contributed by atoms with van der Waals surface area (Å²) in [5, 5.41) is 0. The van der Waals surface area contributed by atoms with Gasteiger partial charge in [-0.2, -0.15) is 12.6 Å². The lowest BCUT2D eigenvalue weighted by Crippen LogP contribution is -2.09. The van der Waals surface area contributed by atoms with E-state index in [9.17, 15) is 4.79 Å². The first-order valence-electron chi connectivity index (χ1n) is 4.99. The molecule has 0 unspecified atom stereocenters. The van der Waals surface area contributed by atoms with E-state index in [0.717, 1.165) is 16.9 Å². The molecule has 2 aromatic rings. The number of fused-ring (bicyclic) bond motifs is 1. The van der Waals surface area contributed by atoms with Gasteiger partial charge in [-0.1, -0.05) is 12.1 Å². The number of ether oxygens (including phenoxy) is 1. The number of H-pyrrole nitrogens is 1. The van der Waals surface area contributed by atoms with Gasteiger partial charge in [0.25, 0.3) is 0 Å². The third kappa shape index (κ3) is 2.55. The minimum atomic E-state index is -0.306. The molecule has 0 fully saturated rings. The van der Waals surface area contributed by atoms with Crippen molar-refractivity contribution in [1.82, 2.24) is 9.97 Å². The van der Waals surface area contributed by atoms with Crippen molar-refractivity contribution in [2.24, 2.45) is 0 Å². The van der Waals surface area contributed by atoms with E-state index < -0.39 is 0 Å². The summed E-state index contributed by atoms with van der Waals surface area (Å²) in [4.78, 5) is 18.4. The van der Waals surface area contributed by atoms with E-state index in [2.05, 4.69) is 22.6 Å². The van der Waals surface area contributed by atoms with E-state index in [4.69, 9.17) is 4.74 Å². The van der Waals surface area contributed by atoms with Gasteiger partial charge in [-0.05, 0) is 12.1 Å². The molecule has 0 amide bonds. The molecule has 5 heteroatoms. The van der Waals surface area contributed by atoms with Crippen LogP contribution >= 0.6 is 12.6 Å². The summed E-state index contributed by atoms with van der Waals surface area (Å²) in [6.45, 7) is 0.333. The smallest absolute Gasteiger partial charge is 0.315 e. The number of aromatic nitrogens is 2. The van der Waals surface area contributed by atoms with Gasteiger partial charge in [0.2, 0.25) is 0 Å². The van der Waals surface area contributed by atoms with Crippen LogP contribution in [0.5, 0.6) is 0 Å². The zero-order valence-electron chi connectivity index (χ0n) is 8.64. The number of hydrogen-bond acceptors (Lipinski definition) is 4. The third-order valence-corrected chi connectivity index (χ3v) is 2.43. The Morgan fingerprint density at radius 2 is 2.25 bits per heavy atom. The summed E-state index contributed by atoms with van der Waals surface area (Å²) in [6.07, 6.45) is 0.591. The Bertz CT molecular complexity index is 462. The van der Waals surface area contributed by atoms with Gasteiger partial charge in [0.15, 0.2) is 0 Å². The highest BCUT2D eigenvalue weighted by Gasteiger charge is 2.03. The molecule has 84 valence electrons. The first-order valence-corrected chi connectivity index (χ1v) is 5.63. The lowest BCUT2D eigenvalue weighted by atomic mass is 10.3. The van der Waals surface area contributed by atoms with Crippen molar-refractivity contribution in [1.29, 1.82) is 0 Å². The number of aromatic amines is 1. The molecule has 0 atom stereocenters. The summed E-state index contributed by atoms with van der Waals surface area (Å²) in [5.41, 5.74) is 1.93. The Balaban J connectivity index is 1.97. The van der Waals surface area contributed by atoms with Crippen molar-refractivity contribution in [3.05, 3.63) is 30.1 Å². The Morgan fingerprint density at radius 1 is 1.44 bits per heavy atom. The predicted molar refractivity (Wildman–Crippen MR) is 64.6 cm³/mol. The third-order valence-electron chi connectivity index (χ3n) is 2.17. The van der Waals surface area contributed by atoms with Crippen molar-refractivity contribution in [3.63, 3.8) is 0 Å². The predicted octanol–water partition coefficient (Wildman–Crippen LogP) is 1.58. The molecule has 0 spiro atoms. The van der Waals surface area contributed by atoms with Gasteiger partial charge in [-0.25, -0.2) is 4.98 Å². The zero-order chi connectivity index (χ0) is 11.4. The summed E-state index contributed by atoms with van der Waals surface area (Å²) >= 11 is 3.82. The quantitative estimate of drug-likeness (QED) is 0.626. The fourth-order valence-electron chi connectivity index (χ4n) is 1.43. The highest BCUT2D eigenvalue weighted by molar-refractivity contribution is 7.81. The van der Waals surface area contributed by atoms with Crippen molar-refractivity contribution < 1.29 is 9.53 Å². The lowest BCUT2D eigenvalue weighted by Gasteiger charge is -1.99. The van der Waals surface area contributed by atoms with Gasteiger partial charge in [0.1, 0.15) is 5.82 Å². The number of thiol groups is 1. The van der Waals surface area contributed by atoms with Crippen LogP contribution < -0.4 is 0 Å². The second kappa shape index (κ2) is 5.03. The van der Waals surface area contributed by atoms with Gasteiger partial charge in [0, 0.05) is 6.42 Å². The number of benzene rings is 1. The molecule has 0 aliphatic carbocycles. The van der Waals surface area contributed by atoms with Gasteiger partial charge in [-0.3, -0.25) is 4.79 Å². The Kier molecular flexibility index (Phi) is 3.46. The maximum atomic E-state index is 10.8. The average Bonchev–Trinajstić information content (AvgIpc) is 2.71. The van der Waals surface area contributed by atoms with Crippen molar-refractivity contribution in [3.8, 4) is 0 Å². The molecule has 0 saturated heterocycles. The molecule has 0 aliphatic heterocycles. The van der Waals surface area contributed by atoms with Crippen LogP contribution in [0.4, 0.5) is 0 Å². The lowest BCUT2D eigenvalue weighted by molar-refractivity contribution is -0.140. The highest BCUT2D eigenvalue weighted by atomic mass is 32.1. The molecule has 1 heterocycles. The first kappa shape index (κ1) is 11.0. The van der Waals surface area contributed by atoms with E-state index in [1.165, 1.54) is 0 Å². The monoisotopic (exact) mass is 236 g/mol. The molecule has 0 saturated carbocycles. The molecule has 0 aliphatic rings. The number of imidazole rings is 1. The number of rotatable bonds is 4. The standard InChI is InChI=1S/C11H12N2O2S/c14-11(7-16)15-6-5-10-12-8-3-1-2-4-9(8)13-10/h1-4,16H,5-7H2,(H,12,13). The number of carbonyl (C=O) groups is 1. The summed E-state index contributed by atoms with van der Waals surface area (Å²) in [7, 11) is 0. The molecule has 1 aromatic heterocycles. The molecular formula is C11H12N2O2S. The second-order valence-corrected chi connectivity index (χ2v) is 3.65. The van der Waals surface area contributed by atoms with E-state index in [0.29, 0.717) is 13.0 Å². The van der Waals surface area contributed by atoms with Crippen LogP contribution in [0.25, 0.3) is 11.0 Å². The average molecular weight is 236 g/mol. The van der Waals surface area contributed by atoms with Gasteiger partial charge >= 0.3 is 5.97 Å². The normalized spacial score (nSPS) is 10.6. The van der Waals surface area contributed by atoms with E-state index in [1.54, 1.807) is 0 Å². The van der Waals surface area contributed by atoms with Gasteiger partial charge < -0.3 is 9.72 Å². The van der Waals surface area contributed by atoms with Crippen LogP contribution in [0, 0.1) is 0 Å². The summed E-state index contributed by atoms with van der Waals surface area (Å²) in [5.74, 6) is 0.632. The van der Waals surface area contributed by atoms with Crippen LogP contribution in [0.1, 0.15) is 5.82 Å². The maximum Gasteiger partial charge on any atom is 0.315 e. The molecular weight excluding hydrogens is 224 g/mol. The zero-order valence-corrected chi connectivity index (χ0v) is 9.54. The minimum absolute atomic E-state index is 0.111. The molecule has 16 heavy (non-hydrogen) atoms. The van der Waals surface area contributed by atoms with Gasteiger partial charge in [0.05, 0.1) is 23.4 Å². The van der Waals surface area contributed by atoms with Crippen molar-refractivity contribution in [2.75, 3.05) is 12.4 Å². The largest absolute Gasteiger partial charge is 0.465 e. The van der Waals surface area contributed by atoms with E-state index in [-0.39, 0.29) is 11.7 Å². The second-order valence-electron chi connectivity index (χ2n) is 3.33.